The van der Waals surface area contributed by atoms with E-state index in [1.165, 1.54) is 37.7 Å². The Morgan fingerprint density at radius 3 is 2.45 bits per heavy atom. The lowest BCUT2D eigenvalue weighted by Gasteiger charge is -2.44. The van der Waals surface area contributed by atoms with Crippen LogP contribution in [0.25, 0.3) is 0 Å². The van der Waals surface area contributed by atoms with Gasteiger partial charge in [0, 0.05) is 12.3 Å². The van der Waals surface area contributed by atoms with E-state index in [1.807, 2.05) is 13.8 Å². The van der Waals surface area contributed by atoms with E-state index in [0.717, 1.165) is 24.8 Å². The summed E-state index contributed by atoms with van der Waals surface area (Å²) < 4.78 is 11.8. The molecule has 1 aliphatic heterocycles. The molecule has 0 aromatic carbocycles. The molecule has 1 saturated heterocycles. The minimum Gasteiger partial charge on any atom is -0.393 e. The minimum absolute atomic E-state index is 0.0254. The molecule has 3 aliphatic carbocycles. The Balaban J connectivity index is 1.43. The van der Waals surface area contributed by atoms with Crippen LogP contribution in [0.1, 0.15) is 106 Å². The second-order valence-corrected chi connectivity index (χ2v) is 14.5. The maximum Gasteiger partial charge on any atom is 0.186 e. The summed E-state index contributed by atoms with van der Waals surface area (Å²) in [7, 11) is 0. The van der Waals surface area contributed by atoms with Gasteiger partial charge in [-0.3, -0.25) is 0 Å². The van der Waals surface area contributed by atoms with E-state index in [0.29, 0.717) is 36.0 Å². The maximum atomic E-state index is 10.7. The van der Waals surface area contributed by atoms with E-state index in [9.17, 15) is 25.5 Å². The number of ether oxygens (including phenoxy) is 2. The third-order valence-corrected chi connectivity index (χ3v) is 10.9. The van der Waals surface area contributed by atoms with E-state index in [4.69, 9.17) is 9.47 Å². The monoisotopic (exact) mass is 564 g/mol. The summed E-state index contributed by atoms with van der Waals surface area (Å²) in [6.45, 7) is 12.5. The molecule has 0 aromatic heterocycles. The highest BCUT2D eigenvalue weighted by atomic mass is 16.7. The number of fused-ring (bicyclic) bond motifs is 1. The second-order valence-electron chi connectivity index (χ2n) is 14.5. The SMILES string of the molecule is CC(CCCC(C)(C)O)C1CCC2/C(=C/C=C3/C[C@@H](O)CC(OC4OC(C)C(O)C(O)C4O)C3C)CCCC21C. The molecule has 12 atom stereocenters. The predicted molar refractivity (Wildman–Crippen MR) is 155 cm³/mol. The van der Waals surface area contributed by atoms with Crippen molar-refractivity contribution in [3.05, 3.63) is 23.3 Å². The van der Waals surface area contributed by atoms with Crippen LogP contribution in [0.5, 0.6) is 0 Å². The molecule has 4 rings (SSSR count). The molecule has 1 heterocycles. The highest BCUT2D eigenvalue weighted by molar-refractivity contribution is 5.27. The first-order valence-corrected chi connectivity index (χ1v) is 15.9. The van der Waals surface area contributed by atoms with E-state index < -0.39 is 42.4 Å². The zero-order chi connectivity index (χ0) is 29.4. The van der Waals surface area contributed by atoms with Crippen LogP contribution in [-0.4, -0.2) is 74.0 Å². The summed E-state index contributed by atoms with van der Waals surface area (Å²) >= 11 is 0. The van der Waals surface area contributed by atoms with E-state index in [2.05, 4.69) is 32.9 Å². The summed E-state index contributed by atoms with van der Waals surface area (Å²) in [5, 5.41) is 51.5. The van der Waals surface area contributed by atoms with Crippen molar-refractivity contribution in [2.24, 2.45) is 29.1 Å². The highest BCUT2D eigenvalue weighted by Crippen LogP contribution is 2.60. The first-order chi connectivity index (χ1) is 18.7. The lowest BCUT2D eigenvalue weighted by Crippen LogP contribution is -2.58. The molecule has 0 amide bonds. The van der Waals surface area contributed by atoms with Crippen molar-refractivity contribution in [2.45, 2.75) is 154 Å². The lowest BCUT2D eigenvalue weighted by atomic mass is 9.60. The summed E-state index contributed by atoms with van der Waals surface area (Å²) in [5.41, 5.74) is 2.40. The topological polar surface area (TPSA) is 120 Å². The molecular weight excluding hydrogens is 508 g/mol. The largest absolute Gasteiger partial charge is 0.393 e. The molecule has 7 heteroatoms. The molecule has 5 N–H and O–H groups in total. The van der Waals surface area contributed by atoms with Crippen LogP contribution >= 0.6 is 0 Å². The van der Waals surface area contributed by atoms with Crippen molar-refractivity contribution in [2.75, 3.05) is 0 Å². The fraction of sp³-hybridized carbons (Fsp3) is 0.879. The average molecular weight is 565 g/mol. The van der Waals surface area contributed by atoms with Gasteiger partial charge < -0.3 is 35.0 Å². The van der Waals surface area contributed by atoms with Crippen LogP contribution in [0.2, 0.25) is 0 Å². The van der Waals surface area contributed by atoms with Crippen molar-refractivity contribution in [3.8, 4) is 0 Å². The van der Waals surface area contributed by atoms with Gasteiger partial charge in [-0.1, -0.05) is 56.9 Å². The molecule has 11 unspecified atom stereocenters. The van der Waals surface area contributed by atoms with Crippen LogP contribution in [0.3, 0.4) is 0 Å². The van der Waals surface area contributed by atoms with Crippen molar-refractivity contribution in [3.63, 3.8) is 0 Å². The highest BCUT2D eigenvalue weighted by Gasteiger charge is 2.50. The van der Waals surface area contributed by atoms with Crippen molar-refractivity contribution >= 4 is 0 Å². The Labute approximate surface area is 241 Å². The molecule has 40 heavy (non-hydrogen) atoms. The molecule has 7 nitrogen and oxygen atoms in total. The Kier molecular flexibility index (Phi) is 10.3. The number of hydrogen-bond donors (Lipinski definition) is 5. The van der Waals surface area contributed by atoms with Gasteiger partial charge in [0.25, 0.3) is 0 Å². The number of allylic oxidation sites excluding steroid dienone is 3. The Morgan fingerprint density at radius 1 is 1.05 bits per heavy atom. The van der Waals surface area contributed by atoms with Crippen LogP contribution in [-0.2, 0) is 9.47 Å². The third-order valence-electron chi connectivity index (χ3n) is 10.9. The zero-order valence-electron chi connectivity index (χ0n) is 25.6. The van der Waals surface area contributed by atoms with Crippen molar-refractivity contribution in [1.29, 1.82) is 0 Å². The van der Waals surface area contributed by atoms with Gasteiger partial charge in [0.05, 0.1) is 23.9 Å². The van der Waals surface area contributed by atoms with Crippen molar-refractivity contribution < 1.29 is 35.0 Å². The van der Waals surface area contributed by atoms with Gasteiger partial charge >= 0.3 is 0 Å². The summed E-state index contributed by atoms with van der Waals surface area (Å²) in [6.07, 6.45) is 8.32. The van der Waals surface area contributed by atoms with E-state index in [1.54, 1.807) is 6.92 Å². The number of aliphatic hydroxyl groups excluding tert-OH is 4. The quantitative estimate of drug-likeness (QED) is 0.291. The first kappa shape index (κ1) is 32.1. The third kappa shape index (κ3) is 7.04. The number of rotatable bonds is 8. The normalized spacial score (nSPS) is 45.6. The van der Waals surface area contributed by atoms with Crippen LogP contribution in [0.15, 0.2) is 23.3 Å². The maximum absolute atomic E-state index is 10.7. The predicted octanol–water partition coefficient (Wildman–Crippen LogP) is 4.64. The number of aliphatic hydroxyl groups is 5. The minimum atomic E-state index is -1.35. The molecule has 0 aromatic rings. The van der Waals surface area contributed by atoms with Gasteiger partial charge in [0.15, 0.2) is 6.29 Å². The fourth-order valence-electron chi connectivity index (χ4n) is 8.43. The summed E-state index contributed by atoms with van der Waals surface area (Å²) in [5.74, 6) is 1.98. The van der Waals surface area contributed by atoms with Crippen LogP contribution in [0, 0.1) is 29.1 Å². The Bertz CT molecular complexity index is 909. The van der Waals surface area contributed by atoms with Gasteiger partial charge in [-0.25, -0.2) is 0 Å². The molecule has 3 saturated carbocycles. The molecule has 4 fully saturated rings. The van der Waals surface area contributed by atoms with Gasteiger partial charge in [-0.05, 0) is 88.9 Å². The molecule has 0 radical (unpaired) electrons. The molecule has 0 spiro atoms. The lowest BCUT2D eigenvalue weighted by molar-refractivity contribution is -0.309. The van der Waals surface area contributed by atoms with Crippen molar-refractivity contribution in [1.82, 2.24) is 0 Å². The van der Waals surface area contributed by atoms with E-state index >= 15 is 0 Å². The van der Waals surface area contributed by atoms with Gasteiger partial charge in [0.2, 0.25) is 0 Å². The summed E-state index contributed by atoms with van der Waals surface area (Å²) in [6, 6.07) is 0. The van der Waals surface area contributed by atoms with Gasteiger partial charge in [-0.2, -0.15) is 0 Å². The molecular formula is C33H56O7. The first-order valence-electron chi connectivity index (χ1n) is 15.9. The van der Waals surface area contributed by atoms with E-state index in [-0.39, 0.29) is 12.0 Å². The van der Waals surface area contributed by atoms with Crippen LogP contribution in [0.4, 0.5) is 0 Å². The van der Waals surface area contributed by atoms with Gasteiger partial charge in [0.1, 0.15) is 18.3 Å². The fourth-order valence-corrected chi connectivity index (χ4v) is 8.43. The Hall–Kier alpha value is -0.800. The average Bonchev–Trinajstić information content (AvgIpc) is 3.23. The van der Waals surface area contributed by atoms with Crippen LogP contribution < -0.4 is 0 Å². The zero-order valence-corrected chi connectivity index (χ0v) is 25.6. The molecule has 0 bridgehead atoms. The molecule has 230 valence electrons. The summed E-state index contributed by atoms with van der Waals surface area (Å²) in [4.78, 5) is 0. The standard InChI is InChI=1S/C33H56O7/c1-19(9-7-15-32(4,5)38)25-13-14-26-22(10-8-16-33(25,26)6)11-12-23-17-24(34)18-27(20(23)2)40-31-30(37)29(36)28(35)21(3)39-31/h11-12,19-21,24-31,34-38H,7-10,13-18H2,1-6H3/b22-11+,23-12-/t19?,20?,21?,24-,25?,26?,27?,28?,29?,30?,31?,33?/m1/s1. The van der Waals surface area contributed by atoms with Gasteiger partial charge in [-0.15, -0.1) is 0 Å². The molecule has 4 aliphatic rings. The smallest absolute Gasteiger partial charge is 0.186 e. The Morgan fingerprint density at radius 2 is 1.75 bits per heavy atom. The number of hydrogen-bond acceptors (Lipinski definition) is 7. The second kappa shape index (κ2) is 12.8.